The Morgan fingerprint density at radius 2 is 2.22 bits per heavy atom. The Kier molecular flexibility index (Phi) is 4.09. The van der Waals surface area contributed by atoms with Crippen molar-refractivity contribution in [3.63, 3.8) is 0 Å². The monoisotopic (exact) mass is 248 g/mol. The van der Waals surface area contributed by atoms with Gasteiger partial charge in [0.15, 0.2) is 0 Å². The van der Waals surface area contributed by atoms with Gasteiger partial charge in [0.2, 0.25) is 0 Å². The van der Waals surface area contributed by atoms with Gasteiger partial charge in [-0.2, -0.15) is 5.10 Å². The first kappa shape index (κ1) is 12.8. The fraction of sp³-hybridized carbons (Fsp3) is 0.583. The zero-order chi connectivity index (χ0) is 13.0. The maximum absolute atomic E-state index is 4.29. The zero-order valence-electron chi connectivity index (χ0n) is 11.2. The van der Waals surface area contributed by atoms with Crippen molar-refractivity contribution >= 4 is 0 Å². The van der Waals surface area contributed by atoms with Crippen molar-refractivity contribution in [3.05, 3.63) is 30.4 Å². The van der Waals surface area contributed by atoms with Crippen LogP contribution in [0.5, 0.6) is 0 Å². The number of rotatable bonds is 6. The van der Waals surface area contributed by atoms with Gasteiger partial charge in [-0.15, -0.1) is 0 Å². The van der Waals surface area contributed by atoms with Crippen molar-refractivity contribution in [1.82, 2.24) is 29.6 Å². The lowest BCUT2D eigenvalue weighted by Crippen LogP contribution is -2.26. The molecule has 0 amide bonds. The third-order valence-electron chi connectivity index (χ3n) is 3.04. The minimum absolute atomic E-state index is 0.223. The highest BCUT2D eigenvalue weighted by Crippen LogP contribution is 2.16. The molecule has 0 spiro atoms. The molecular formula is C12H20N6. The van der Waals surface area contributed by atoms with Gasteiger partial charge in [-0.3, -0.25) is 4.68 Å². The predicted molar refractivity (Wildman–Crippen MR) is 68.9 cm³/mol. The van der Waals surface area contributed by atoms with Crippen LogP contribution in [0.15, 0.2) is 18.9 Å². The molecule has 0 saturated carbocycles. The van der Waals surface area contributed by atoms with Gasteiger partial charge in [0, 0.05) is 26.7 Å². The number of aryl methyl sites for hydroxylation is 2. The van der Waals surface area contributed by atoms with Crippen molar-refractivity contribution in [2.24, 2.45) is 14.1 Å². The highest BCUT2D eigenvalue weighted by Gasteiger charge is 2.17. The van der Waals surface area contributed by atoms with Gasteiger partial charge >= 0.3 is 0 Å². The van der Waals surface area contributed by atoms with Gasteiger partial charge in [0.1, 0.15) is 12.2 Å². The molecule has 0 saturated heterocycles. The summed E-state index contributed by atoms with van der Waals surface area (Å²) in [5.41, 5.74) is 1.17. The van der Waals surface area contributed by atoms with E-state index in [9.17, 15) is 0 Å². The normalized spacial score (nSPS) is 12.8. The van der Waals surface area contributed by atoms with Crippen LogP contribution in [0.4, 0.5) is 0 Å². The van der Waals surface area contributed by atoms with Crippen LogP contribution in [-0.2, 0) is 20.5 Å². The lowest BCUT2D eigenvalue weighted by Gasteiger charge is -2.18. The molecule has 1 N–H and O–H groups in total. The maximum atomic E-state index is 4.29. The van der Waals surface area contributed by atoms with Crippen LogP contribution in [0.3, 0.4) is 0 Å². The van der Waals surface area contributed by atoms with Gasteiger partial charge in [-0.1, -0.05) is 6.92 Å². The number of imidazole rings is 1. The van der Waals surface area contributed by atoms with Crippen LogP contribution in [0.2, 0.25) is 0 Å². The molecule has 0 radical (unpaired) electrons. The summed E-state index contributed by atoms with van der Waals surface area (Å²) in [6.07, 6.45) is 7.25. The van der Waals surface area contributed by atoms with Crippen molar-refractivity contribution < 1.29 is 0 Å². The standard InChI is InChI=1S/C12H20N6/c1-4-5-14-10(11-7-13-9-17(11)2)6-12-15-8-16-18(12)3/h7-10,14H,4-6H2,1-3H3. The Balaban J connectivity index is 2.15. The second-order valence-electron chi connectivity index (χ2n) is 4.44. The number of nitrogens with zero attached hydrogens (tertiary/aromatic N) is 5. The first-order valence-corrected chi connectivity index (χ1v) is 6.24. The molecule has 6 heteroatoms. The predicted octanol–water partition coefficient (Wildman–Crippen LogP) is 0.832. The molecular weight excluding hydrogens is 228 g/mol. The Bertz CT molecular complexity index is 486. The van der Waals surface area contributed by atoms with Gasteiger partial charge in [0.25, 0.3) is 0 Å². The third kappa shape index (κ3) is 2.76. The van der Waals surface area contributed by atoms with E-state index in [0.29, 0.717) is 0 Å². The Morgan fingerprint density at radius 3 is 2.78 bits per heavy atom. The average Bonchev–Trinajstić information content (AvgIpc) is 2.94. The zero-order valence-corrected chi connectivity index (χ0v) is 11.2. The summed E-state index contributed by atoms with van der Waals surface area (Å²) < 4.78 is 3.86. The molecule has 2 heterocycles. The molecule has 0 aliphatic rings. The van der Waals surface area contributed by atoms with Crippen molar-refractivity contribution in [2.45, 2.75) is 25.8 Å². The fourth-order valence-corrected chi connectivity index (χ4v) is 1.99. The van der Waals surface area contributed by atoms with Crippen molar-refractivity contribution in [3.8, 4) is 0 Å². The van der Waals surface area contributed by atoms with Crippen LogP contribution in [0, 0.1) is 0 Å². The largest absolute Gasteiger partial charge is 0.336 e. The third-order valence-corrected chi connectivity index (χ3v) is 3.04. The molecule has 2 aromatic heterocycles. The van der Waals surface area contributed by atoms with E-state index in [4.69, 9.17) is 0 Å². The first-order valence-electron chi connectivity index (χ1n) is 6.24. The maximum Gasteiger partial charge on any atom is 0.138 e. The van der Waals surface area contributed by atoms with Crippen LogP contribution in [0.1, 0.15) is 30.9 Å². The summed E-state index contributed by atoms with van der Waals surface area (Å²) in [6.45, 7) is 3.14. The number of nitrogens with one attached hydrogen (secondary N) is 1. The second kappa shape index (κ2) is 5.77. The molecule has 0 aliphatic carbocycles. The number of aromatic nitrogens is 5. The van der Waals surface area contributed by atoms with Crippen molar-refractivity contribution in [1.29, 1.82) is 0 Å². The first-order chi connectivity index (χ1) is 8.72. The van der Waals surface area contributed by atoms with Gasteiger partial charge < -0.3 is 9.88 Å². The van der Waals surface area contributed by atoms with Crippen LogP contribution >= 0.6 is 0 Å². The van der Waals surface area contributed by atoms with E-state index in [1.54, 1.807) is 6.33 Å². The van der Waals surface area contributed by atoms with E-state index >= 15 is 0 Å². The van der Waals surface area contributed by atoms with E-state index in [-0.39, 0.29) is 6.04 Å². The minimum Gasteiger partial charge on any atom is -0.336 e. The van der Waals surface area contributed by atoms with E-state index in [1.807, 2.05) is 35.9 Å². The summed E-state index contributed by atoms with van der Waals surface area (Å²) >= 11 is 0. The van der Waals surface area contributed by atoms with E-state index in [2.05, 4.69) is 27.3 Å². The van der Waals surface area contributed by atoms with Crippen molar-refractivity contribution in [2.75, 3.05) is 6.54 Å². The van der Waals surface area contributed by atoms with Crippen LogP contribution < -0.4 is 5.32 Å². The number of hydrogen-bond donors (Lipinski definition) is 1. The Hall–Kier alpha value is -1.69. The van der Waals surface area contributed by atoms with Gasteiger partial charge in [-0.25, -0.2) is 9.97 Å². The Morgan fingerprint density at radius 1 is 1.39 bits per heavy atom. The molecule has 2 rings (SSSR count). The summed E-state index contributed by atoms with van der Waals surface area (Å²) in [7, 11) is 3.93. The molecule has 0 aliphatic heterocycles. The fourth-order valence-electron chi connectivity index (χ4n) is 1.99. The summed E-state index contributed by atoms with van der Waals surface area (Å²) in [6, 6.07) is 0.223. The molecule has 2 aromatic rings. The second-order valence-corrected chi connectivity index (χ2v) is 4.44. The average molecular weight is 248 g/mol. The molecule has 18 heavy (non-hydrogen) atoms. The molecule has 1 unspecified atom stereocenters. The number of hydrogen-bond acceptors (Lipinski definition) is 4. The van der Waals surface area contributed by atoms with E-state index < -0.39 is 0 Å². The highest BCUT2D eigenvalue weighted by atomic mass is 15.3. The van der Waals surface area contributed by atoms with Crippen LogP contribution in [0.25, 0.3) is 0 Å². The minimum atomic E-state index is 0.223. The lowest BCUT2D eigenvalue weighted by molar-refractivity contribution is 0.485. The summed E-state index contributed by atoms with van der Waals surface area (Å²) in [5, 5.41) is 7.65. The van der Waals surface area contributed by atoms with Crippen LogP contribution in [-0.4, -0.2) is 30.9 Å². The molecule has 98 valence electrons. The molecule has 6 nitrogen and oxygen atoms in total. The summed E-state index contributed by atoms with van der Waals surface area (Å²) in [4.78, 5) is 8.47. The molecule has 0 fully saturated rings. The topological polar surface area (TPSA) is 60.6 Å². The lowest BCUT2D eigenvalue weighted by atomic mass is 10.1. The smallest absolute Gasteiger partial charge is 0.138 e. The SMILES string of the molecule is CCCNC(Cc1ncnn1C)c1cncn1C. The van der Waals surface area contributed by atoms with E-state index in [1.165, 1.54) is 5.69 Å². The van der Waals surface area contributed by atoms with E-state index in [0.717, 1.165) is 25.2 Å². The Labute approximate surface area is 107 Å². The molecule has 0 bridgehead atoms. The summed E-state index contributed by atoms with van der Waals surface area (Å²) in [5.74, 6) is 0.977. The highest BCUT2D eigenvalue weighted by molar-refractivity contribution is 5.08. The molecule has 0 aromatic carbocycles. The quantitative estimate of drug-likeness (QED) is 0.822. The van der Waals surface area contributed by atoms with Gasteiger partial charge in [-0.05, 0) is 13.0 Å². The van der Waals surface area contributed by atoms with Gasteiger partial charge in [0.05, 0.1) is 18.1 Å². The molecule has 1 atom stereocenters.